The summed E-state index contributed by atoms with van der Waals surface area (Å²) in [6.45, 7) is 6.98. The zero-order valence-electron chi connectivity index (χ0n) is 21.7. The Balaban J connectivity index is 1.36. The fraction of sp³-hybridized carbons (Fsp3) is 0.424. The van der Waals surface area contributed by atoms with E-state index < -0.39 is 0 Å². The molecule has 0 bridgehead atoms. The van der Waals surface area contributed by atoms with Crippen LogP contribution >= 0.6 is 0 Å². The lowest BCUT2D eigenvalue weighted by atomic mass is 9.62. The zero-order chi connectivity index (χ0) is 24.7. The van der Waals surface area contributed by atoms with Crippen LogP contribution in [-0.2, 0) is 16.6 Å². The van der Waals surface area contributed by atoms with Crippen molar-refractivity contribution in [1.29, 1.82) is 0 Å². The van der Waals surface area contributed by atoms with Gasteiger partial charge in [0.05, 0.1) is 12.0 Å². The van der Waals surface area contributed by atoms with Gasteiger partial charge in [0.15, 0.2) is 0 Å². The van der Waals surface area contributed by atoms with Crippen LogP contribution in [0.4, 0.5) is 0 Å². The second-order valence-corrected chi connectivity index (χ2v) is 11.4. The van der Waals surface area contributed by atoms with E-state index in [1.807, 2.05) is 0 Å². The van der Waals surface area contributed by atoms with Crippen LogP contribution in [0.1, 0.15) is 71.0 Å². The molecule has 4 atom stereocenters. The highest BCUT2D eigenvalue weighted by molar-refractivity contribution is 5.83. The monoisotopic (exact) mass is 478 g/mol. The number of likely N-dealkylation sites (tertiary alicyclic amines) is 1. The number of carbonyl (C=O) groups excluding carboxylic acids is 1. The average Bonchev–Trinajstić information content (AvgIpc) is 3.32. The number of aryl methyl sites for hydroxylation is 3. The normalized spacial score (nSPS) is 27.7. The first-order chi connectivity index (χ1) is 17.6. The SMILES string of the molecule is Cc1cc(C)c2c(c1)CCC[C@]21CNC[C@H]1C(=O)N1CC[C@@H](c2ccccc2)C[C@H]1c1ccccc1. The van der Waals surface area contributed by atoms with Gasteiger partial charge in [-0.3, -0.25) is 4.79 Å². The van der Waals surface area contributed by atoms with Gasteiger partial charge < -0.3 is 10.2 Å². The fourth-order valence-electron chi connectivity index (χ4n) is 7.74. The molecule has 2 saturated heterocycles. The summed E-state index contributed by atoms with van der Waals surface area (Å²) in [5, 5.41) is 3.68. The number of amides is 1. The Bertz CT molecular complexity index is 1240. The van der Waals surface area contributed by atoms with Crippen LogP contribution in [0.25, 0.3) is 0 Å². The smallest absolute Gasteiger partial charge is 0.228 e. The van der Waals surface area contributed by atoms with Crippen LogP contribution in [0.2, 0.25) is 0 Å². The van der Waals surface area contributed by atoms with Gasteiger partial charge in [0, 0.05) is 25.0 Å². The Hall–Kier alpha value is -2.91. The van der Waals surface area contributed by atoms with Crippen LogP contribution in [0.3, 0.4) is 0 Å². The summed E-state index contributed by atoms with van der Waals surface area (Å²) >= 11 is 0. The number of piperidine rings is 1. The molecule has 0 radical (unpaired) electrons. The largest absolute Gasteiger partial charge is 0.335 e. The minimum atomic E-state index is -0.0834. The Morgan fingerprint density at radius 3 is 2.44 bits per heavy atom. The Morgan fingerprint density at radius 1 is 0.972 bits per heavy atom. The maximum atomic E-state index is 14.6. The summed E-state index contributed by atoms with van der Waals surface area (Å²) in [5.74, 6) is 0.836. The topological polar surface area (TPSA) is 32.3 Å². The lowest BCUT2D eigenvalue weighted by molar-refractivity contribution is -0.141. The minimum absolute atomic E-state index is 0.00237. The molecule has 0 unspecified atom stereocenters. The molecule has 3 heteroatoms. The molecule has 1 aliphatic carbocycles. The molecule has 186 valence electrons. The van der Waals surface area contributed by atoms with Crippen LogP contribution in [-0.4, -0.2) is 30.4 Å². The Labute approximate surface area is 215 Å². The Kier molecular flexibility index (Phi) is 6.21. The van der Waals surface area contributed by atoms with E-state index >= 15 is 0 Å². The maximum absolute atomic E-state index is 14.6. The lowest BCUT2D eigenvalue weighted by Crippen LogP contribution is -2.50. The van der Waals surface area contributed by atoms with Crippen molar-refractivity contribution in [3.8, 4) is 0 Å². The van der Waals surface area contributed by atoms with Crippen molar-refractivity contribution < 1.29 is 4.79 Å². The minimum Gasteiger partial charge on any atom is -0.335 e. The summed E-state index contributed by atoms with van der Waals surface area (Å²) in [4.78, 5) is 16.8. The molecule has 1 spiro atoms. The molecule has 2 aliphatic heterocycles. The predicted octanol–water partition coefficient (Wildman–Crippen LogP) is 6.24. The van der Waals surface area contributed by atoms with E-state index in [0.29, 0.717) is 11.8 Å². The standard InChI is InChI=1S/C33H38N2O/c1-23-18-24(2)31-28(19-23)14-9-16-33(31)22-34-21-29(33)32(36)35-17-15-27(25-10-5-3-6-11-25)20-30(35)26-12-7-4-8-13-26/h3-8,10-13,18-19,27,29-30,34H,9,14-17,20-22H2,1-2H3/t27-,29+,30+,33-/m1/s1. The highest BCUT2D eigenvalue weighted by Gasteiger charge is 2.52. The number of fused-ring (bicyclic) bond motifs is 2. The molecule has 0 aromatic heterocycles. The van der Waals surface area contributed by atoms with Gasteiger partial charge in [-0.25, -0.2) is 0 Å². The molecule has 2 fully saturated rings. The molecule has 2 heterocycles. The first-order valence-electron chi connectivity index (χ1n) is 13.8. The number of benzene rings is 3. The van der Waals surface area contributed by atoms with Crippen molar-refractivity contribution in [3.63, 3.8) is 0 Å². The highest BCUT2D eigenvalue weighted by Crippen LogP contribution is 2.49. The van der Waals surface area contributed by atoms with Crippen molar-refractivity contribution in [2.75, 3.05) is 19.6 Å². The number of rotatable bonds is 3. The van der Waals surface area contributed by atoms with E-state index in [1.165, 1.54) is 39.8 Å². The van der Waals surface area contributed by atoms with Gasteiger partial charge in [-0.1, -0.05) is 78.4 Å². The third-order valence-electron chi connectivity index (χ3n) is 9.22. The molecule has 1 amide bonds. The quantitative estimate of drug-likeness (QED) is 0.483. The van der Waals surface area contributed by atoms with Gasteiger partial charge in [-0.05, 0) is 79.7 Å². The summed E-state index contributed by atoms with van der Waals surface area (Å²) in [6, 6.07) is 26.4. The first kappa shape index (κ1) is 23.5. The van der Waals surface area contributed by atoms with Gasteiger partial charge in [-0.2, -0.15) is 0 Å². The lowest BCUT2D eigenvalue weighted by Gasteiger charge is -2.46. The van der Waals surface area contributed by atoms with Crippen molar-refractivity contribution in [2.45, 2.75) is 63.3 Å². The van der Waals surface area contributed by atoms with Gasteiger partial charge in [0.1, 0.15) is 0 Å². The van der Waals surface area contributed by atoms with E-state index in [4.69, 9.17) is 0 Å². The maximum Gasteiger partial charge on any atom is 0.228 e. The van der Waals surface area contributed by atoms with Gasteiger partial charge >= 0.3 is 0 Å². The summed E-state index contributed by atoms with van der Waals surface area (Å²) in [5.41, 5.74) is 8.23. The first-order valence-corrected chi connectivity index (χ1v) is 13.8. The fourth-order valence-corrected chi connectivity index (χ4v) is 7.74. The predicted molar refractivity (Wildman–Crippen MR) is 146 cm³/mol. The van der Waals surface area contributed by atoms with E-state index in [2.05, 4.69) is 96.9 Å². The Morgan fingerprint density at radius 2 is 1.69 bits per heavy atom. The molecule has 3 aliphatic rings. The van der Waals surface area contributed by atoms with Crippen molar-refractivity contribution >= 4 is 5.91 Å². The average molecular weight is 479 g/mol. The van der Waals surface area contributed by atoms with E-state index in [0.717, 1.165) is 45.3 Å². The summed E-state index contributed by atoms with van der Waals surface area (Å²) in [7, 11) is 0. The van der Waals surface area contributed by atoms with Gasteiger partial charge in [0.2, 0.25) is 5.91 Å². The summed E-state index contributed by atoms with van der Waals surface area (Å²) < 4.78 is 0. The van der Waals surface area contributed by atoms with Gasteiger partial charge in [0.25, 0.3) is 0 Å². The molecule has 3 aromatic rings. The zero-order valence-corrected chi connectivity index (χ0v) is 21.7. The van der Waals surface area contributed by atoms with Crippen molar-refractivity contribution in [3.05, 3.63) is 106 Å². The van der Waals surface area contributed by atoms with E-state index in [1.54, 1.807) is 0 Å². The third kappa shape index (κ3) is 3.98. The molecule has 1 N–H and O–H groups in total. The van der Waals surface area contributed by atoms with E-state index in [-0.39, 0.29) is 17.4 Å². The van der Waals surface area contributed by atoms with Gasteiger partial charge in [-0.15, -0.1) is 0 Å². The molecular weight excluding hydrogens is 440 g/mol. The highest BCUT2D eigenvalue weighted by atomic mass is 16.2. The summed E-state index contributed by atoms with van der Waals surface area (Å²) in [6.07, 6.45) is 5.42. The number of hydrogen-bond acceptors (Lipinski definition) is 2. The van der Waals surface area contributed by atoms with Crippen LogP contribution < -0.4 is 5.32 Å². The second kappa shape index (κ2) is 9.52. The van der Waals surface area contributed by atoms with Crippen LogP contribution in [0.15, 0.2) is 72.8 Å². The van der Waals surface area contributed by atoms with Crippen LogP contribution in [0, 0.1) is 19.8 Å². The molecule has 3 nitrogen and oxygen atoms in total. The molecular formula is C33H38N2O. The molecule has 6 rings (SSSR count). The molecule has 0 saturated carbocycles. The van der Waals surface area contributed by atoms with Crippen molar-refractivity contribution in [2.24, 2.45) is 5.92 Å². The number of hydrogen-bond donors (Lipinski definition) is 1. The van der Waals surface area contributed by atoms with Crippen molar-refractivity contribution in [1.82, 2.24) is 10.2 Å². The third-order valence-corrected chi connectivity index (χ3v) is 9.22. The molecule has 3 aromatic carbocycles. The van der Waals surface area contributed by atoms with E-state index in [9.17, 15) is 4.79 Å². The number of carbonyl (C=O) groups is 1. The van der Waals surface area contributed by atoms with Crippen LogP contribution in [0.5, 0.6) is 0 Å². The number of nitrogens with one attached hydrogen (secondary N) is 1. The number of nitrogens with zero attached hydrogens (tertiary/aromatic N) is 1. The molecule has 36 heavy (non-hydrogen) atoms. The second-order valence-electron chi connectivity index (χ2n) is 11.4.